The predicted octanol–water partition coefficient (Wildman–Crippen LogP) is 5.25. The highest BCUT2D eigenvalue weighted by molar-refractivity contribution is 5.87. The molecule has 60 heavy (non-hydrogen) atoms. The zero-order valence-electron chi connectivity index (χ0n) is 34.4. The Balaban J connectivity index is 1.00. The molecular weight excluding hydrogens is 769 g/mol. The van der Waals surface area contributed by atoms with Crippen LogP contribution in [0, 0.1) is 11.8 Å². The second-order valence-corrected chi connectivity index (χ2v) is 15.7. The summed E-state index contributed by atoms with van der Waals surface area (Å²) >= 11 is 0. The van der Waals surface area contributed by atoms with Gasteiger partial charge in [-0.05, 0) is 92.2 Å². The molecule has 0 spiro atoms. The third-order valence-electron chi connectivity index (χ3n) is 12.2. The summed E-state index contributed by atoms with van der Waals surface area (Å²) in [6.07, 6.45) is 7.82. The molecule has 3 aromatic rings. The van der Waals surface area contributed by atoms with Crippen molar-refractivity contribution in [1.82, 2.24) is 35.7 Å². The second-order valence-electron chi connectivity index (χ2n) is 15.7. The van der Waals surface area contributed by atoms with Crippen molar-refractivity contribution in [2.75, 3.05) is 53.7 Å². The van der Waals surface area contributed by atoms with E-state index in [-0.39, 0.29) is 35.9 Å². The predicted molar refractivity (Wildman–Crippen MR) is 224 cm³/mol. The molecule has 7 rings (SSSR count). The number of carbonyl (C=O) groups is 4. The Morgan fingerprint density at radius 2 is 1.28 bits per heavy atom. The van der Waals surface area contributed by atoms with Gasteiger partial charge in [-0.3, -0.25) is 14.6 Å². The van der Waals surface area contributed by atoms with Gasteiger partial charge in [0.1, 0.15) is 24.1 Å². The van der Waals surface area contributed by atoms with Gasteiger partial charge >= 0.3 is 12.2 Å². The number of nitrogens with zero attached hydrogens (tertiary/aromatic N) is 4. The standard InChI is InChI=1S/C44H56N8O8/c1-45-26-34(47-37-7-5-21-52(37)42(54)39(50-44(56)58-3)33-18-24-60-25-19-33)30-12-8-28(9-13-30)29-10-14-31(15-11-29)35-27-46-40(48-35)36-6-4-20-51(36)41(53)38(49-43(55)57-2)32-16-22-59-23-17-32/h8-15,26-27,32-33,36-39,47H,1,4-7,16-25H2,2-3H3,(H,46,48)(H,49,55)(H,50,56)/b34-26-/t36?,37?,38-,39-/m0/s1. The largest absolute Gasteiger partial charge is 0.453 e. The Morgan fingerprint density at radius 3 is 1.85 bits per heavy atom. The molecule has 2 aromatic carbocycles. The van der Waals surface area contributed by atoms with Gasteiger partial charge in [0.05, 0.1) is 37.8 Å². The zero-order chi connectivity index (χ0) is 42.0. The highest BCUT2D eigenvalue weighted by Crippen LogP contribution is 2.34. The first-order chi connectivity index (χ1) is 29.3. The highest BCUT2D eigenvalue weighted by atomic mass is 16.5. The molecule has 4 amide bonds. The number of alkyl carbamates (subject to hydrolysis) is 2. The fraction of sp³-hybridized carbons (Fsp3) is 0.500. The highest BCUT2D eigenvalue weighted by Gasteiger charge is 2.41. The molecule has 16 heteroatoms. The van der Waals surface area contributed by atoms with Gasteiger partial charge in [-0.2, -0.15) is 0 Å². The van der Waals surface area contributed by atoms with Crippen LogP contribution in [0.5, 0.6) is 0 Å². The number of likely N-dealkylation sites (tertiary alicyclic amines) is 2. The third kappa shape index (κ3) is 9.82. The van der Waals surface area contributed by atoms with Gasteiger partial charge in [0.25, 0.3) is 0 Å². The first-order valence-electron chi connectivity index (χ1n) is 20.9. The van der Waals surface area contributed by atoms with Gasteiger partial charge < -0.3 is 49.7 Å². The molecule has 4 N–H and O–H groups in total. The van der Waals surface area contributed by atoms with Crippen molar-refractivity contribution in [3.8, 4) is 22.4 Å². The number of imidazole rings is 1. The lowest BCUT2D eigenvalue weighted by molar-refractivity contribution is -0.137. The van der Waals surface area contributed by atoms with Crippen LogP contribution in [0.15, 0.2) is 65.9 Å². The van der Waals surface area contributed by atoms with E-state index in [1.165, 1.54) is 14.2 Å². The van der Waals surface area contributed by atoms with Gasteiger partial charge in [0, 0.05) is 45.7 Å². The lowest BCUT2D eigenvalue weighted by atomic mass is 9.90. The molecule has 320 valence electrons. The fourth-order valence-electron chi connectivity index (χ4n) is 8.89. The smallest absolute Gasteiger partial charge is 0.407 e. The number of ether oxygens (including phenoxy) is 4. The van der Waals surface area contributed by atoms with Crippen molar-refractivity contribution >= 4 is 36.4 Å². The van der Waals surface area contributed by atoms with Crippen molar-refractivity contribution in [3.05, 3.63) is 72.3 Å². The Bertz CT molecular complexity index is 1990. The van der Waals surface area contributed by atoms with Crippen LogP contribution < -0.4 is 16.0 Å². The van der Waals surface area contributed by atoms with Crippen molar-refractivity contribution in [2.45, 2.75) is 75.7 Å². The number of benzene rings is 2. The average Bonchev–Trinajstić information content (AvgIpc) is 4.10. The van der Waals surface area contributed by atoms with Crippen molar-refractivity contribution in [2.24, 2.45) is 16.8 Å². The van der Waals surface area contributed by atoms with Crippen LogP contribution in [-0.2, 0) is 28.5 Å². The monoisotopic (exact) mass is 824 g/mol. The lowest BCUT2D eigenvalue weighted by Crippen LogP contribution is -2.56. The van der Waals surface area contributed by atoms with Gasteiger partial charge in [-0.1, -0.05) is 48.5 Å². The molecule has 0 radical (unpaired) electrons. The Kier molecular flexibility index (Phi) is 14.1. The number of H-pyrrole nitrogens is 1. The number of amides is 4. The number of aromatic amines is 1. The maximum Gasteiger partial charge on any atom is 0.407 e. The molecule has 1 aromatic heterocycles. The van der Waals surface area contributed by atoms with E-state index in [1.807, 2.05) is 46.2 Å². The first kappa shape index (κ1) is 42.4. The summed E-state index contributed by atoms with van der Waals surface area (Å²) in [5.41, 5.74) is 5.47. The van der Waals surface area contributed by atoms with Crippen molar-refractivity contribution in [1.29, 1.82) is 0 Å². The third-order valence-corrected chi connectivity index (χ3v) is 12.2. The fourth-order valence-corrected chi connectivity index (χ4v) is 8.89. The van der Waals surface area contributed by atoms with Gasteiger partial charge in [0.2, 0.25) is 11.8 Å². The van der Waals surface area contributed by atoms with E-state index in [0.717, 1.165) is 59.3 Å². The van der Waals surface area contributed by atoms with E-state index < -0.39 is 24.3 Å². The second kappa shape index (κ2) is 20.0. The summed E-state index contributed by atoms with van der Waals surface area (Å²) < 4.78 is 20.8. The molecular formula is C44H56N8O8. The summed E-state index contributed by atoms with van der Waals surface area (Å²) in [4.78, 5) is 68.4. The number of aliphatic imine (C=N–C) groups is 1. The number of hydrogen-bond donors (Lipinski definition) is 4. The Morgan fingerprint density at radius 1 is 0.767 bits per heavy atom. The molecule has 4 aliphatic rings. The topological polar surface area (TPSA) is 189 Å². The number of carbonyl (C=O) groups excluding carboxylic acids is 4. The van der Waals surface area contributed by atoms with Crippen LogP contribution in [-0.4, -0.2) is 122 Å². The Hall–Kier alpha value is -5.74. The van der Waals surface area contributed by atoms with E-state index in [0.29, 0.717) is 71.0 Å². The average molecular weight is 825 g/mol. The molecule has 0 aliphatic carbocycles. The summed E-state index contributed by atoms with van der Waals surface area (Å²) in [5.74, 6) is 0.371. The SMILES string of the molecule is C=N/C=C(\NC1CCCN1C(=O)[C@@H](NC(=O)OC)C1CCOCC1)c1ccc(-c2ccc(-c3cnc(C4CCCN4C(=O)[C@@H](NC(=O)OC)C4CCOCC4)[nH]3)cc2)cc1. The van der Waals surface area contributed by atoms with Crippen LogP contribution in [0.4, 0.5) is 9.59 Å². The summed E-state index contributed by atoms with van der Waals surface area (Å²) in [6.45, 7) is 7.04. The first-order valence-corrected chi connectivity index (χ1v) is 20.9. The number of methoxy groups -OCH3 is 2. The molecule has 2 unspecified atom stereocenters. The minimum Gasteiger partial charge on any atom is -0.453 e. The minimum absolute atomic E-state index is 0.0346. The number of hydrogen-bond acceptors (Lipinski definition) is 11. The number of aromatic nitrogens is 2. The molecule has 4 fully saturated rings. The van der Waals surface area contributed by atoms with Crippen LogP contribution in [0.1, 0.15) is 68.8 Å². The van der Waals surface area contributed by atoms with E-state index in [1.54, 1.807) is 12.4 Å². The minimum atomic E-state index is -0.707. The number of nitrogens with one attached hydrogen (secondary N) is 4. The van der Waals surface area contributed by atoms with Gasteiger partial charge in [0.15, 0.2) is 0 Å². The molecule has 0 bridgehead atoms. The summed E-state index contributed by atoms with van der Waals surface area (Å²) in [6, 6.07) is 14.7. The van der Waals surface area contributed by atoms with E-state index in [2.05, 4.69) is 44.8 Å². The van der Waals surface area contributed by atoms with Gasteiger partial charge in [-0.15, -0.1) is 0 Å². The van der Waals surface area contributed by atoms with Crippen LogP contribution >= 0.6 is 0 Å². The molecule has 4 atom stereocenters. The van der Waals surface area contributed by atoms with Crippen LogP contribution in [0.3, 0.4) is 0 Å². The maximum atomic E-state index is 14.0. The van der Waals surface area contributed by atoms with E-state index in [4.69, 9.17) is 23.9 Å². The van der Waals surface area contributed by atoms with Crippen LogP contribution in [0.25, 0.3) is 28.1 Å². The van der Waals surface area contributed by atoms with Crippen molar-refractivity contribution in [3.63, 3.8) is 0 Å². The molecule has 4 saturated heterocycles. The molecule has 0 saturated carbocycles. The van der Waals surface area contributed by atoms with Gasteiger partial charge in [-0.25, -0.2) is 14.6 Å². The quantitative estimate of drug-likeness (QED) is 0.166. The molecule has 16 nitrogen and oxygen atoms in total. The summed E-state index contributed by atoms with van der Waals surface area (Å²) in [5, 5.41) is 9.15. The summed E-state index contributed by atoms with van der Waals surface area (Å²) in [7, 11) is 2.60. The van der Waals surface area contributed by atoms with E-state index in [9.17, 15) is 19.2 Å². The zero-order valence-corrected chi connectivity index (χ0v) is 34.4. The lowest BCUT2D eigenvalue weighted by Gasteiger charge is -2.35. The number of rotatable bonds is 13. The normalized spacial score (nSPS) is 21.2. The van der Waals surface area contributed by atoms with Crippen molar-refractivity contribution < 1.29 is 38.1 Å². The maximum absolute atomic E-state index is 14.0. The molecule has 5 heterocycles. The molecule has 4 aliphatic heterocycles. The Labute approximate surface area is 350 Å². The van der Waals surface area contributed by atoms with E-state index >= 15 is 0 Å². The van der Waals surface area contributed by atoms with Crippen LogP contribution in [0.2, 0.25) is 0 Å².